The molecule has 0 unspecified atom stereocenters. The molecule has 2 aromatic carbocycles. The van der Waals surface area contributed by atoms with Gasteiger partial charge in [-0.25, -0.2) is 14.4 Å². The van der Waals surface area contributed by atoms with Crippen molar-refractivity contribution >= 4 is 17.9 Å². The number of methoxy groups -OCH3 is 2. The van der Waals surface area contributed by atoms with Crippen molar-refractivity contribution in [2.75, 3.05) is 14.2 Å². The van der Waals surface area contributed by atoms with Crippen molar-refractivity contribution in [1.82, 2.24) is 0 Å². The normalized spacial score (nSPS) is 9.92. The molecule has 0 saturated carbocycles. The summed E-state index contributed by atoms with van der Waals surface area (Å²) in [5, 5.41) is 0. The van der Waals surface area contributed by atoms with Crippen LogP contribution in [-0.2, 0) is 20.8 Å². The van der Waals surface area contributed by atoms with Crippen LogP contribution in [0, 0.1) is 0 Å². The highest BCUT2D eigenvalue weighted by Gasteiger charge is 2.18. The zero-order chi connectivity index (χ0) is 17.5. The third-order valence-corrected chi connectivity index (χ3v) is 3.30. The molecule has 0 bridgehead atoms. The largest absolute Gasteiger partial charge is 0.465 e. The Hall–Kier alpha value is -3.15. The van der Waals surface area contributed by atoms with Crippen LogP contribution in [0.4, 0.5) is 0 Å². The lowest BCUT2D eigenvalue weighted by molar-refractivity contribution is 0.0457. The number of rotatable bonds is 5. The van der Waals surface area contributed by atoms with E-state index in [1.807, 2.05) is 0 Å². The maximum Gasteiger partial charge on any atom is 0.339 e. The predicted octanol–water partition coefficient (Wildman–Crippen LogP) is 2.62. The van der Waals surface area contributed by atoms with E-state index in [4.69, 9.17) is 4.74 Å². The highest BCUT2D eigenvalue weighted by atomic mass is 16.5. The third-order valence-electron chi connectivity index (χ3n) is 3.30. The standard InChI is InChI=1S/C18H16O6/c1-22-16(19)13-9-7-12(8-10-13)11-24-18(21)15-6-4-3-5-14(15)17(20)23-2/h3-10H,11H2,1-2H3. The Balaban J connectivity index is 2.06. The third kappa shape index (κ3) is 3.98. The number of carbonyl (C=O) groups excluding carboxylic acids is 3. The van der Waals surface area contributed by atoms with Gasteiger partial charge < -0.3 is 14.2 Å². The lowest BCUT2D eigenvalue weighted by Crippen LogP contribution is -2.13. The zero-order valence-corrected chi connectivity index (χ0v) is 13.3. The van der Waals surface area contributed by atoms with Crippen LogP contribution in [0.5, 0.6) is 0 Å². The summed E-state index contributed by atoms with van der Waals surface area (Å²) in [5.41, 5.74) is 1.39. The van der Waals surface area contributed by atoms with Gasteiger partial charge in [-0.05, 0) is 29.8 Å². The fourth-order valence-electron chi connectivity index (χ4n) is 2.03. The minimum Gasteiger partial charge on any atom is -0.465 e. The topological polar surface area (TPSA) is 78.9 Å². The van der Waals surface area contributed by atoms with Crippen molar-refractivity contribution in [1.29, 1.82) is 0 Å². The number of hydrogen-bond donors (Lipinski definition) is 0. The summed E-state index contributed by atoms with van der Waals surface area (Å²) in [6, 6.07) is 12.7. The summed E-state index contributed by atoms with van der Waals surface area (Å²) >= 11 is 0. The van der Waals surface area contributed by atoms with Crippen molar-refractivity contribution in [2.24, 2.45) is 0 Å². The first-order chi connectivity index (χ1) is 11.6. The van der Waals surface area contributed by atoms with E-state index in [-0.39, 0.29) is 17.7 Å². The van der Waals surface area contributed by atoms with Crippen LogP contribution in [-0.4, -0.2) is 32.1 Å². The average molecular weight is 328 g/mol. The molecule has 0 aliphatic heterocycles. The van der Waals surface area contributed by atoms with Gasteiger partial charge in [0.2, 0.25) is 0 Å². The molecule has 0 aliphatic carbocycles. The van der Waals surface area contributed by atoms with Crippen LogP contribution < -0.4 is 0 Å². The highest BCUT2D eigenvalue weighted by molar-refractivity contribution is 6.03. The van der Waals surface area contributed by atoms with E-state index in [0.29, 0.717) is 11.1 Å². The Kier molecular flexibility index (Phi) is 5.68. The number of esters is 3. The van der Waals surface area contributed by atoms with E-state index in [9.17, 15) is 14.4 Å². The lowest BCUT2D eigenvalue weighted by atomic mass is 10.1. The molecule has 6 nitrogen and oxygen atoms in total. The molecule has 0 heterocycles. The van der Waals surface area contributed by atoms with Gasteiger partial charge in [0.05, 0.1) is 30.9 Å². The van der Waals surface area contributed by atoms with E-state index in [1.54, 1.807) is 36.4 Å². The van der Waals surface area contributed by atoms with E-state index in [0.717, 1.165) is 0 Å². The fraction of sp³-hybridized carbons (Fsp3) is 0.167. The maximum absolute atomic E-state index is 12.2. The summed E-state index contributed by atoms with van der Waals surface area (Å²) in [5.74, 6) is -1.68. The van der Waals surface area contributed by atoms with Crippen LogP contribution in [0.1, 0.15) is 36.6 Å². The van der Waals surface area contributed by atoms with Gasteiger partial charge in [-0.15, -0.1) is 0 Å². The molecule has 0 amide bonds. The summed E-state index contributed by atoms with van der Waals surface area (Å²) in [6.07, 6.45) is 0. The molecule has 0 saturated heterocycles. The second-order valence-electron chi connectivity index (χ2n) is 4.80. The first kappa shape index (κ1) is 17.2. The predicted molar refractivity (Wildman–Crippen MR) is 84.7 cm³/mol. The Morgan fingerprint density at radius 1 is 0.750 bits per heavy atom. The molecule has 0 atom stereocenters. The Morgan fingerprint density at radius 3 is 1.83 bits per heavy atom. The molecule has 0 fully saturated rings. The SMILES string of the molecule is COC(=O)c1ccc(COC(=O)c2ccccc2C(=O)OC)cc1. The molecule has 0 radical (unpaired) electrons. The second-order valence-corrected chi connectivity index (χ2v) is 4.80. The molecule has 24 heavy (non-hydrogen) atoms. The van der Waals surface area contributed by atoms with Crippen LogP contribution >= 0.6 is 0 Å². The Morgan fingerprint density at radius 2 is 1.29 bits per heavy atom. The van der Waals surface area contributed by atoms with Crippen LogP contribution in [0.3, 0.4) is 0 Å². The minimum absolute atomic E-state index is 0.00972. The van der Waals surface area contributed by atoms with Gasteiger partial charge >= 0.3 is 17.9 Å². The van der Waals surface area contributed by atoms with E-state index < -0.39 is 17.9 Å². The van der Waals surface area contributed by atoms with Gasteiger partial charge in [0, 0.05) is 0 Å². The van der Waals surface area contributed by atoms with Crippen molar-refractivity contribution < 1.29 is 28.6 Å². The first-order valence-corrected chi connectivity index (χ1v) is 7.08. The highest BCUT2D eigenvalue weighted by Crippen LogP contribution is 2.13. The second kappa shape index (κ2) is 7.92. The summed E-state index contributed by atoms with van der Waals surface area (Å²) in [7, 11) is 2.55. The van der Waals surface area contributed by atoms with Crippen molar-refractivity contribution in [3.63, 3.8) is 0 Å². The molecule has 124 valence electrons. The molecule has 0 N–H and O–H groups in total. The molecule has 0 spiro atoms. The van der Waals surface area contributed by atoms with Crippen molar-refractivity contribution in [3.05, 3.63) is 70.8 Å². The molecule has 2 rings (SSSR count). The van der Waals surface area contributed by atoms with Gasteiger partial charge in [0.15, 0.2) is 0 Å². The summed E-state index contributed by atoms with van der Waals surface area (Å²) in [6.45, 7) is 0.00972. The van der Waals surface area contributed by atoms with Gasteiger partial charge in [-0.2, -0.15) is 0 Å². The maximum atomic E-state index is 12.2. The zero-order valence-electron chi connectivity index (χ0n) is 13.3. The number of benzene rings is 2. The first-order valence-electron chi connectivity index (χ1n) is 7.08. The van der Waals surface area contributed by atoms with Gasteiger partial charge in [-0.3, -0.25) is 0 Å². The smallest absolute Gasteiger partial charge is 0.339 e. The lowest BCUT2D eigenvalue weighted by Gasteiger charge is -2.08. The molecule has 6 heteroatoms. The Bertz CT molecular complexity index is 748. The van der Waals surface area contributed by atoms with Gasteiger partial charge in [0.25, 0.3) is 0 Å². The van der Waals surface area contributed by atoms with E-state index in [1.165, 1.54) is 26.4 Å². The van der Waals surface area contributed by atoms with E-state index in [2.05, 4.69) is 9.47 Å². The van der Waals surface area contributed by atoms with Crippen LogP contribution in [0.25, 0.3) is 0 Å². The summed E-state index contributed by atoms with van der Waals surface area (Å²) < 4.78 is 14.5. The monoisotopic (exact) mass is 328 g/mol. The average Bonchev–Trinajstić information content (AvgIpc) is 2.65. The molecule has 0 aromatic heterocycles. The molecular formula is C18H16O6. The molecule has 0 aliphatic rings. The van der Waals surface area contributed by atoms with E-state index >= 15 is 0 Å². The van der Waals surface area contributed by atoms with Crippen LogP contribution in [0.2, 0.25) is 0 Å². The number of ether oxygens (including phenoxy) is 3. The fourth-order valence-corrected chi connectivity index (χ4v) is 2.03. The minimum atomic E-state index is -0.631. The number of carbonyl (C=O) groups is 3. The summed E-state index contributed by atoms with van der Waals surface area (Å²) in [4.78, 5) is 35.2. The van der Waals surface area contributed by atoms with Crippen molar-refractivity contribution in [3.8, 4) is 0 Å². The molecular weight excluding hydrogens is 312 g/mol. The van der Waals surface area contributed by atoms with Crippen LogP contribution in [0.15, 0.2) is 48.5 Å². The van der Waals surface area contributed by atoms with Crippen molar-refractivity contribution in [2.45, 2.75) is 6.61 Å². The quantitative estimate of drug-likeness (QED) is 0.620. The number of hydrogen-bond acceptors (Lipinski definition) is 6. The Labute approximate surface area is 139 Å². The molecule has 2 aromatic rings. The van der Waals surface area contributed by atoms with Gasteiger partial charge in [0.1, 0.15) is 6.61 Å². The van der Waals surface area contributed by atoms with Gasteiger partial charge in [-0.1, -0.05) is 24.3 Å².